The summed E-state index contributed by atoms with van der Waals surface area (Å²) in [4.78, 5) is 17.0. The predicted octanol–water partition coefficient (Wildman–Crippen LogP) is 1.95. The largest absolute Gasteiger partial charge is 0.352 e. The van der Waals surface area contributed by atoms with Gasteiger partial charge in [0.25, 0.3) is 0 Å². The van der Waals surface area contributed by atoms with Crippen molar-refractivity contribution in [3.05, 3.63) is 18.3 Å². The van der Waals surface area contributed by atoms with Crippen molar-refractivity contribution in [2.24, 2.45) is 11.8 Å². The maximum Gasteiger partial charge on any atom is 0.226 e. The molecule has 1 amide bonds. The Hall–Kier alpha value is -1.65. The average Bonchev–Trinajstić information content (AvgIpc) is 2.56. The van der Waals surface area contributed by atoms with Gasteiger partial charge in [0.1, 0.15) is 0 Å². The van der Waals surface area contributed by atoms with Gasteiger partial charge in [-0.3, -0.25) is 4.79 Å². The van der Waals surface area contributed by atoms with Crippen molar-refractivity contribution >= 4 is 11.7 Å². The maximum atomic E-state index is 12.7. The third-order valence-electron chi connectivity index (χ3n) is 4.90. The molecule has 114 valence electrons. The van der Waals surface area contributed by atoms with Crippen molar-refractivity contribution in [2.45, 2.75) is 32.6 Å². The quantitative estimate of drug-likeness (QED) is 0.834. The van der Waals surface area contributed by atoms with Crippen LogP contribution in [0.1, 0.15) is 32.6 Å². The number of anilines is 1. The zero-order chi connectivity index (χ0) is 14.7. The molecule has 2 unspecified atom stereocenters. The normalized spacial score (nSPS) is 26.7. The Morgan fingerprint density at radius 3 is 2.62 bits per heavy atom. The second-order valence-electron chi connectivity index (χ2n) is 6.26. The van der Waals surface area contributed by atoms with Crippen LogP contribution in [0.2, 0.25) is 0 Å². The van der Waals surface area contributed by atoms with E-state index in [1.54, 1.807) is 6.20 Å². The third-order valence-corrected chi connectivity index (χ3v) is 4.90. The van der Waals surface area contributed by atoms with Gasteiger partial charge in [-0.05, 0) is 30.9 Å². The highest BCUT2D eigenvalue weighted by Gasteiger charge is 2.32. The monoisotopic (exact) mass is 288 g/mol. The summed E-state index contributed by atoms with van der Waals surface area (Å²) in [5.41, 5.74) is 0. The molecule has 2 aliphatic rings. The summed E-state index contributed by atoms with van der Waals surface area (Å²) in [7, 11) is 0. The van der Waals surface area contributed by atoms with Gasteiger partial charge >= 0.3 is 0 Å². The molecule has 0 aromatic carbocycles. The lowest BCUT2D eigenvalue weighted by Gasteiger charge is -2.38. The summed E-state index contributed by atoms with van der Waals surface area (Å²) in [6, 6.07) is 3.89. The van der Waals surface area contributed by atoms with Crippen LogP contribution in [0.4, 0.5) is 5.82 Å². The fourth-order valence-electron chi connectivity index (χ4n) is 3.54. The Morgan fingerprint density at radius 1 is 1.19 bits per heavy atom. The molecule has 3 rings (SSSR count). The van der Waals surface area contributed by atoms with Crippen molar-refractivity contribution in [1.82, 2.24) is 15.1 Å². The third kappa shape index (κ3) is 3.17. The van der Waals surface area contributed by atoms with Crippen LogP contribution in [-0.2, 0) is 4.79 Å². The molecule has 5 nitrogen and oxygen atoms in total. The maximum absolute atomic E-state index is 12.7. The highest BCUT2D eigenvalue weighted by Crippen LogP contribution is 2.31. The van der Waals surface area contributed by atoms with E-state index < -0.39 is 0 Å². The summed E-state index contributed by atoms with van der Waals surface area (Å²) in [6.45, 7) is 5.55. The molecule has 1 aliphatic heterocycles. The van der Waals surface area contributed by atoms with Gasteiger partial charge in [0.15, 0.2) is 5.82 Å². The van der Waals surface area contributed by atoms with E-state index in [-0.39, 0.29) is 5.92 Å². The van der Waals surface area contributed by atoms with Crippen LogP contribution in [-0.4, -0.2) is 47.2 Å². The molecule has 1 aromatic heterocycles. The SMILES string of the molecule is CC1CCCCC1C(=O)N1CCN(c2cccnn2)CC1. The van der Waals surface area contributed by atoms with Crippen molar-refractivity contribution < 1.29 is 4.79 Å². The standard InChI is InChI=1S/C16H24N4O/c1-13-5-2-3-6-14(13)16(21)20-11-9-19(10-12-20)15-7-4-8-17-18-15/h4,7-8,13-14H,2-3,5-6,9-12H2,1H3. The van der Waals surface area contributed by atoms with E-state index in [0.717, 1.165) is 38.4 Å². The molecule has 1 aromatic rings. The van der Waals surface area contributed by atoms with Crippen molar-refractivity contribution in [1.29, 1.82) is 0 Å². The van der Waals surface area contributed by atoms with Crippen LogP contribution in [0.25, 0.3) is 0 Å². The second kappa shape index (κ2) is 6.41. The first kappa shape index (κ1) is 14.3. The van der Waals surface area contributed by atoms with Gasteiger partial charge in [0.05, 0.1) is 0 Å². The lowest BCUT2D eigenvalue weighted by molar-refractivity contribution is -0.138. The second-order valence-corrected chi connectivity index (χ2v) is 6.26. The van der Waals surface area contributed by atoms with E-state index in [1.807, 2.05) is 12.1 Å². The van der Waals surface area contributed by atoms with Gasteiger partial charge < -0.3 is 9.80 Å². The summed E-state index contributed by atoms with van der Waals surface area (Å²) >= 11 is 0. The molecule has 2 fully saturated rings. The number of amides is 1. The van der Waals surface area contributed by atoms with Crippen molar-refractivity contribution in [2.75, 3.05) is 31.1 Å². The lowest BCUT2D eigenvalue weighted by Crippen LogP contribution is -2.51. The molecule has 5 heteroatoms. The highest BCUT2D eigenvalue weighted by atomic mass is 16.2. The van der Waals surface area contributed by atoms with E-state index >= 15 is 0 Å². The van der Waals surface area contributed by atoms with E-state index in [0.29, 0.717) is 11.8 Å². The number of hydrogen-bond donors (Lipinski definition) is 0. The van der Waals surface area contributed by atoms with Crippen LogP contribution in [0, 0.1) is 11.8 Å². The molecule has 2 heterocycles. The van der Waals surface area contributed by atoms with Crippen LogP contribution >= 0.6 is 0 Å². The molecule has 1 saturated carbocycles. The number of carbonyl (C=O) groups is 1. The zero-order valence-corrected chi connectivity index (χ0v) is 12.7. The van der Waals surface area contributed by atoms with Gasteiger partial charge in [-0.2, -0.15) is 5.10 Å². The lowest BCUT2D eigenvalue weighted by atomic mass is 9.79. The Balaban J connectivity index is 1.57. The van der Waals surface area contributed by atoms with Crippen LogP contribution in [0.15, 0.2) is 18.3 Å². The Morgan fingerprint density at radius 2 is 1.95 bits per heavy atom. The molecule has 1 saturated heterocycles. The van der Waals surface area contributed by atoms with Crippen LogP contribution < -0.4 is 4.90 Å². The molecule has 21 heavy (non-hydrogen) atoms. The topological polar surface area (TPSA) is 49.3 Å². The van der Waals surface area contributed by atoms with Crippen LogP contribution in [0.3, 0.4) is 0 Å². The Labute approximate surface area is 126 Å². The Kier molecular flexibility index (Phi) is 4.36. The summed E-state index contributed by atoms with van der Waals surface area (Å²) in [5, 5.41) is 8.07. The molecule has 0 spiro atoms. The fraction of sp³-hybridized carbons (Fsp3) is 0.688. The van der Waals surface area contributed by atoms with E-state index in [4.69, 9.17) is 0 Å². The van der Waals surface area contributed by atoms with Gasteiger partial charge in [0.2, 0.25) is 5.91 Å². The van der Waals surface area contributed by atoms with Gasteiger partial charge in [-0.15, -0.1) is 5.10 Å². The fourth-order valence-corrected chi connectivity index (χ4v) is 3.54. The minimum absolute atomic E-state index is 0.252. The number of aromatic nitrogens is 2. The summed E-state index contributed by atoms with van der Waals surface area (Å²) in [5.74, 6) is 2.09. The molecule has 0 N–H and O–H groups in total. The van der Waals surface area contributed by atoms with E-state index in [9.17, 15) is 4.79 Å². The molecule has 1 aliphatic carbocycles. The minimum atomic E-state index is 0.252. The Bertz CT molecular complexity index is 470. The minimum Gasteiger partial charge on any atom is -0.352 e. The van der Waals surface area contributed by atoms with Crippen molar-refractivity contribution in [3.63, 3.8) is 0 Å². The molecular weight excluding hydrogens is 264 g/mol. The number of nitrogens with zero attached hydrogens (tertiary/aromatic N) is 4. The zero-order valence-electron chi connectivity index (χ0n) is 12.7. The molecule has 0 radical (unpaired) electrons. The number of carbonyl (C=O) groups excluding carboxylic acids is 1. The first-order valence-corrected chi connectivity index (χ1v) is 8.07. The number of rotatable bonds is 2. The summed E-state index contributed by atoms with van der Waals surface area (Å²) in [6.07, 6.45) is 6.46. The van der Waals surface area contributed by atoms with Crippen molar-refractivity contribution in [3.8, 4) is 0 Å². The van der Waals surface area contributed by atoms with Gasteiger partial charge in [-0.1, -0.05) is 19.8 Å². The molecule has 0 bridgehead atoms. The highest BCUT2D eigenvalue weighted by molar-refractivity contribution is 5.79. The van der Waals surface area contributed by atoms with E-state index in [1.165, 1.54) is 19.3 Å². The predicted molar refractivity (Wildman–Crippen MR) is 81.9 cm³/mol. The van der Waals surface area contributed by atoms with Gasteiger partial charge in [0, 0.05) is 38.3 Å². The first-order chi connectivity index (χ1) is 10.3. The van der Waals surface area contributed by atoms with E-state index in [2.05, 4.69) is 26.9 Å². The average molecular weight is 288 g/mol. The summed E-state index contributed by atoms with van der Waals surface area (Å²) < 4.78 is 0. The smallest absolute Gasteiger partial charge is 0.226 e. The van der Waals surface area contributed by atoms with Crippen LogP contribution in [0.5, 0.6) is 0 Å². The molecule has 2 atom stereocenters. The van der Waals surface area contributed by atoms with Gasteiger partial charge in [-0.25, -0.2) is 0 Å². The number of piperazine rings is 1. The number of hydrogen-bond acceptors (Lipinski definition) is 4. The first-order valence-electron chi connectivity index (χ1n) is 8.07. The molecular formula is C16H24N4O.